The molecular formula is C10H23NO2. The lowest BCUT2D eigenvalue weighted by Gasteiger charge is -2.10. The van der Waals surface area contributed by atoms with Crippen LogP contribution in [0, 0.1) is 5.92 Å². The second kappa shape index (κ2) is 9.96. The van der Waals surface area contributed by atoms with E-state index in [1.807, 2.05) is 0 Å². The summed E-state index contributed by atoms with van der Waals surface area (Å²) in [4.78, 5) is 0. The number of rotatable bonds is 9. The lowest BCUT2D eigenvalue weighted by atomic mass is 10.1. The van der Waals surface area contributed by atoms with Crippen LogP contribution < -0.4 is 5.32 Å². The summed E-state index contributed by atoms with van der Waals surface area (Å²) in [6.45, 7) is 5.37. The summed E-state index contributed by atoms with van der Waals surface area (Å²) in [6.07, 6.45) is 3.18. The Morgan fingerprint density at radius 1 is 1.38 bits per heavy atom. The Balaban J connectivity index is 2.97. The maximum Gasteiger partial charge on any atom is 0.0462 e. The van der Waals surface area contributed by atoms with Crippen LogP contribution in [0.3, 0.4) is 0 Å². The summed E-state index contributed by atoms with van der Waals surface area (Å²) < 4.78 is 4.95. The van der Waals surface area contributed by atoms with Gasteiger partial charge in [0.05, 0.1) is 0 Å². The Kier molecular flexibility index (Phi) is 9.87. The Labute approximate surface area is 81.5 Å². The third kappa shape index (κ3) is 9.80. The summed E-state index contributed by atoms with van der Waals surface area (Å²) >= 11 is 0. The number of aliphatic hydroxyl groups excluding tert-OH is 1. The van der Waals surface area contributed by atoms with Gasteiger partial charge in [-0.2, -0.15) is 0 Å². The van der Waals surface area contributed by atoms with E-state index < -0.39 is 0 Å². The van der Waals surface area contributed by atoms with Gasteiger partial charge in [0.25, 0.3) is 0 Å². The van der Waals surface area contributed by atoms with Crippen LogP contribution in [0.25, 0.3) is 0 Å². The molecule has 1 unspecified atom stereocenters. The first-order chi connectivity index (χ1) is 6.31. The predicted octanol–water partition coefficient (Wildman–Crippen LogP) is 1.02. The first-order valence-corrected chi connectivity index (χ1v) is 5.11. The van der Waals surface area contributed by atoms with Gasteiger partial charge in [-0.1, -0.05) is 6.92 Å². The van der Waals surface area contributed by atoms with Crippen molar-refractivity contribution in [2.45, 2.75) is 26.2 Å². The Morgan fingerprint density at radius 3 is 2.77 bits per heavy atom. The average molecular weight is 189 g/mol. The molecule has 1 atom stereocenters. The van der Waals surface area contributed by atoms with E-state index >= 15 is 0 Å². The van der Waals surface area contributed by atoms with Gasteiger partial charge in [-0.3, -0.25) is 0 Å². The highest BCUT2D eigenvalue weighted by Gasteiger charge is 1.99. The van der Waals surface area contributed by atoms with Crippen LogP contribution in [-0.2, 0) is 4.74 Å². The molecule has 0 aromatic rings. The van der Waals surface area contributed by atoms with Crippen molar-refractivity contribution < 1.29 is 9.84 Å². The summed E-state index contributed by atoms with van der Waals surface area (Å²) in [6, 6.07) is 0. The summed E-state index contributed by atoms with van der Waals surface area (Å²) in [7, 11) is 1.73. The van der Waals surface area contributed by atoms with E-state index in [-0.39, 0.29) is 0 Å². The van der Waals surface area contributed by atoms with Crippen LogP contribution in [0.4, 0.5) is 0 Å². The van der Waals surface area contributed by atoms with Crippen molar-refractivity contribution >= 4 is 0 Å². The van der Waals surface area contributed by atoms with Crippen molar-refractivity contribution in [2.75, 3.05) is 33.4 Å². The van der Waals surface area contributed by atoms with E-state index in [9.17, 15) is 0 Å². The fraction of sp³-hybridized carbons (Fsp3) is 1.00. The molecule has 0 fully saturated rings. The molecule has 80 valence electrons. The standard InChI is InChI=1S/C10H23NO2/c1-10(5-7-12)9-11-6-3-4-8-13-2/h10-12H,3-9H2,1-2H3. The number of hydrogen-bond acceptors (Lipinski definition) is 3. The minimum atomic E-state index is 0.298. The number of nitrogens with one attached hydrogen (secondary N) is 1. The second-order valence-electron chi connectivity index (χ2n) is 3.52. The normalized spacial score (nSPS) is 13.2. The molecule has 0 aliphatic carbocycles. The molecule has 0 aliphatic rings. The Bertz CT molecular complexity index is 98.9. The van der Waals surface area contributed by atoms with Crippen molar-refractivity contribution in [1.29, 1.82) is 0 Å². The Morgan fingerprint density at radius 2 is 2.15 bits per heavy atom. The minimum absolute atomic E-state index is 0.298. The van der Waals surface area contributed by atoms with E-state index in [4.69, 9.17) is 9.84 Å². The highest BCUT2D eigenvalue weighted by atomic mass is 16.5. The van der Waals surface area contributed by atoms with Crippen LogP contribution in [0.5, 0.6) is 0 Å². The number of hydrogen-bond donors (Lipinski definition) is 2. The molecule has 2 N–H and O–H groups in total. The van der Waals surface area contributed by atoms with Gasteiger partial charge in [-0.25, -0.2) is 0 Å². The highest BCUT2D eigenvalue weighted by Crippen LogP contribution is 1.97. The summed E-state index contributed by atoms with van der Waals surface area (Å²) in [5.41, 5.74) is 0. The van der Waals surface area contributed by atoms with Crippen LogP contribution in [0.2, 0.25) is 0 Å². The number of methoxy groups -OCH3 is 1. The lowest BCUT2D eigenvalue weighted by molar-refractivity contribution is 0.192. The summed E-state index contributed by atoms with van der Waals surface area (Å²) in [5, 5.41) is 12.0. The first-order valence-electron chi connectivity index (χ1n) is 5.11. The van der Waals surface area contributed by atoms with E-state index in [1.165, 1.54) is 6.42 Å². The minimum Gasteiger partial charge on any atom is -0.396 e. The molecule has 0 spiro atoms. The molecule has 0 bridgehead atoms. The SMILES string of the molecule is COCCCCNCC(C)CCO. The van der Waals surface area contributed by atoms with Crippen LogP contribution in [-0.4, -0.2) is 38.5 Å². The quantitative estimate of drug-likeness (QED) is 0.532. The van der Waals surface area contributed by atoms with Crippen molar-refractivity contribution in [1.82, 2.24) is 5.32 Å². The van der Waals surface area contributed by atoms with Gasteiger partial charge in [0, 0.05) is 20.3 Å². The van der Waals surface area contributed by atoms with Gasteiger partial charge in [0.15, 0.2) is 0 Å². The summed E-state index contributed by atoms with van der Waals surface area (Å²) in [5.74, 6) is 0.576. The maximum atomic E-state index is 8.67. The number of unbranched alkanes of at least 4 members (excludes halogenated alkanes) is 1. The van der Waals surface area contributed by atoms with Crippen molar-refractivity contribution in [3.8, 4) is 0 Å². The zero-order chi connectivity index (χ0) is 9.94. The fourth-order valence-corrected chi connectivity index (χ4v) is 1.17. The molecule has 13 heavy (non-hydrogen) atoms. The molecule has 3 nitrogen and oxygen atoms in total. The van der Waals surface area contributed by atoms with Crippen LogP contribution in [0.15, 0.2) is 0 Å². The van der Waals surface area contributed by atoms with E-state index in [0.717, 1.165) is 32.5 Å². The van der Waals surface area contributed by atoms with Crippen molar-refractivity contribution in [3.05, 3.63) is 0 Å². The zero-order valence-corrected chi connectivity index (χ0v) is 8.88. The molecule has 0 amide bonds. The average Bonchev–Trinajstić information content (AvgIpc) is 2.11. The molecular weight excluding hydrogens is 166 g/mol. The van der Waals surface area contributed by atoms with Crippen LogP contribution in [0.1, 0.15) is 26.2 Å². The van der Waals surface area contributed by atoms with Gasteiger partial charge in [-0.15, -0.1) is 0 Å². The molecule has 0 heterocycles. The monoisotopic (exact) mass is 189 g/mol. The largest absolute Gasteiger partial charge is 0.396 e. The fourth-order valence-electron chi connectivity index (χ4n) is 1.17. The second-order valence-corrected chi connectivity index (χ2v) is 3.52. The van der Waals surface area contributed by atoms with E-state index in [2.05, 4.69) is 12.2 Å². The van der Waals surface area contributed by atoms with E-state index in [1.54, 1.807) is 7.11 Å². The molecule has 0 rings (SSSR count). The predicted molar refractivity (Wildman–Crippen MR) is 54.8 cm³/mol. The maximum absolute atomic E-state index is 8.67. The van der Waals surface area contributed by atoms with Gasteiger partial charge in [0.1, 0.15) is 0 Å². The molecule has 0 aromatic carbocycles. The number of ether oxygens (including phenoxy) is 1. The smallest absolute Gasteiger partial charge is 0.0462 e. The molecule has 0 saturated carbocycles. The number of aliphatic hydroxyl groups is 1. The first kappa shape index (κ1) is 12.9. The van der Waals surface area contributed by atoms with Gasteiger partial charge < -0.3 is 15.2 Å². The lowest BCUT2D eigenvalue weighted by Crippen LogP contribution is -2.23. The molecule has 0 radical (unpaired) electrons. The van der Waals surface area contributed by atoms with Gasteiger partial charge >= 0.3 is 0 Å². The van der Waals surface area contributed by atoms with Gasteiger partial charge in [0.2, 0.25) is 0 Å². The third-order valence-electron chi connectivity index (χ3n) is 2.07. The zero-order valence-electron chi connectivity index (χ0n) is 8.88. The topological polar surface area (TPSA) is 41.5 Å². The van der Waals surface area contributed by atoms with Crippen molar-refractivity contribution in [2.24, 2.45) is 5.92 Å². The van der Waals surface area contributed by atoms with Gasteiger partial charge in [-0.05, 0) is 38.3 Å². The Hall–Kier alpha value is -0.120. The molecule has 0 aliphatic heterocycles. The van der Waals surface area contributed by atoms with E-state index in [0.29, 0.717) is 12.5 Å². The highest BCUT2D eigenvalue weighted by molar-refractivity contribution is 4.56. The van der Waals surface area contributed by atoms with Crippen LogP contribution >= 0.6 is 0 Å². The molecule has 0 aromatic heterocycles. The molecule has 3 heteroatoms. The third-order valence-corrected chi connectivity index (χ3v) is 2.07. The molecule has 0 saturated heterocycles. The van der Waals surface area contributed by atoms with Crippen molar-refractivity contribution in [3.63, 3.8) is 0 Å².